The quantitative estimate of drug-likeness (QED) is 0.559. The SMILES string of the molecule is COC(=O)N/N=C/c1ccc(O)c(/C=N/NC(=O)OC)c1. The number of hydrogen-bond donors (Lipinski definition) is 3. The van der Waals surface area contributed by atoms with Gasteiger partial charge in [-0.15, -0.1) is 0 Å². The van der Waals surface area contributed by atoms with Crippen molar-refractivity contribution in [3.8, 4) is 5.75 Å². The number of hydrazone groups is 2. The van der Waals surface area contributed by atoms with Gasteiger partial charge in [-0.1, -0.05) is 0 Å². The van der Waals surface area contributed by atoms with Gasteiger partial charge in [0.2, 0.25) is 0 Å². The van der Waals surface area contributed by atoms with Gasteiger partial charge in [-0.2, -0.15) is 10.2 Å². The number of aromatic hydroxyl groups is 1. The zero-order valence-corrected chi connectivity index (χ0v) is 11.4. The predicted molar refractivity (Wildman–Crippen MR) is 74.4 cm³/mol. The number of carbonyl (C=O) groups is 2. The molecule has 2 amide bonds. The molecule has 0 fully saturated rings. The average Bonchev–Trinajstić information content (AvgIpc) is 2.49. The molecule has 0 saturated carbocycles. The fourth-order valence-electron chi connectivity index (χ4n) is 1.16. The normalized spacial score (nSPS) is 10.6. The highest BCUT2D eigenvalue weighted by Crippen LogP contribution is 2.15. The summed E-state index contributed by atoms with van der Waals surface area (Å²) in [6.07, 6.45) is 1.15. The Bertz CT molecular complexity index is 571. The summed E-state index contributed by atoms with van der Waals surface area (Å²) in [5.74, 6) is -0.0384. The van der Waals surface area contributed by atoms with Crippen LogP contribution in [0.15, 0.2) is 28.4 Å². The zero-order valence-electron chi connectivity index (χ0n) is 11.4. The number of nitrogens with zero attached hydrogens (tertiary/aromatic N) is 2. The second kappa shape index (κ2) is 8.15. The summed E-state index contributed by atoms with van der Waals surface area (Å²) in [6, 6.07) is 4.53. The number of carbonyl (C=O) groups excluding carboxylic acids is 2. The molecular formula is C12H14N4O5. The summed E-state index contributed by atoms with van der Waals surface area (Å²) in [4.78, 5) is 21.6. The minimum atomic E-state index is -0.731. The molecule has 0 spiro atoms. The van der Waals surface area contributed by atoms with Gasteiger partial charge in [-0.05, 0) is 23.8 Å². The van der Waals surface area contributed by atoms with E-state index in [4.69, 9.17) is 0 Å². The van der Waals surface area contributed by atoms with Crippen LogP contribution in [0.2, 0.25) is 0 Å². The first kappa shape index (κ1) is 16.0. The van der Waals surface area contributed by atoms with Gasteiger partial charge in [0.1, 0.15) is 5.75 Å². The van der Waals surface area contributed by atoms with E-state index in [1.807, 2.05) is 0 Å². The van der Waals surface area contributed by atoms with Gasteiger partial charge in [0.15, 0.2) is 0 Å². The molecule has 0 radical (unpaired) electrons. The number of nitrogens with one attached hydrogen (secondary N) is 2. The van der Waals surface area contributed by atoms with Gasteiger partial charge in [-0.3, -0.25) is 0 Å². The minimum absolute atomic E-state index is 0.0384. The summed E-state index contributed by atoms with van der Waals surface area (Å²) in [6.45, 7) is 0. The molecule has 0 bridgehead atoms. The minimum Gasteiger partial charge on any atom is -0.507 e. The molecule has 0 aromatic heterocycles. The van der Waals surface area contributed by atoms with Crippen molar-refractivity contribution in [2.45, 2.75) is 0 Å². The Balaban J connectivity index is 2.75. The topological polar surface area (TPSA) is 122 Å². The molecule has 0 aliphatic heterocycles. The van der Waals surface area contributed by atoms with E-state index in [0.29, 0.717) is 11.1 Å². The van der Waals surface area contributed by atoms with Gasteiger partial charge in [0.05, 0.1) is 26.6 Å². The van der Waals surface area contributed by atoms with Gasteiger partial charge < -0.3 is 14.6 Å². The molecule has 0 atom stereocenters. The molecule has 112 valence electrons. The Labute approximate surface area is 120 Å². The van der Waals surface area contributed by atoms with E-state index in [-0.39, 0.29) is 5.75 Å². The Morgan fingerprint density at radius 1 is 1.10 bits per heavy atom. The number of amides is 2. The fraction of sp³-hybridized carbons (Fsp3) is 0.167. The van der Waals surface area contributed by atoms with E-state index in [2.05, 4.69) is 30.5 Å². The van der Waals surface area contributed by atoms with Crippen LogP contribution in [-0.4, -0.2) is 43.9 Å². The first-order valence-corrected chi connectivity index (χ1v) is 5.64. The lowest BCUT2D eigenvalue weighted by atomic mass is 10.1. The van der Waals surface area contributed by atoms with Crippen LogP contribution in [0.4, 0.5) is 9.59 Å². The van der Waals surface area contributed by atoms with Crippen LogP contribution in [0, 0.1) is 0 Å². The van der Waals surface area contributed by atoms with Crippen LogP contribution >= 0.6 is 0 Å². The lowest BCUT2D eigenvalue weighted by Crippen LogP contribution is -2.17. The highest BCUT2D eigenvalue weighted by molar-refractivity contribution is 5.89. The lowest BCUT2D eigenvalue weighted by Gasteiger charge is -2.01. The van der Waals surface area contributed by atoms with Crippen molar-refractivity contribution in [1.29, 1.82) is 0 Å². The van der Waals surface area contributed by atoms with Crippen molar-refractivity contribution < 1.29 is 24.2 Å². The molecule has 1 aromatic carbocycles. The van der Waals surface area contributed by atoms with E-state index in [1.165, 1.54) is 32.7 Å². The number of phenolic OH excluding ortho intramolecular Hbond substituents is 1. The average molecular weight is 294 g/mol. The summed E-state index contributed by atoms with van der Waals surface area (Å²) in [5, 5.41) is 16.9. The molecule has 3 N–H and O–H groups in total. The molecular weight excluding hydrogens is 280 g/mol. The van der Waals surface area contributed by atoms with Crippen molar-refractivity contribution >= 4 is 24.6 Å². The summed E-state index contributed by atoms with van der Waals surface area (Å²) in [7, 11) is 2.42. The summed E-state index contributed by atoms with van der Waals surface area (Å²) in [5.41, 5.74) is 5.13. The number of methoxy groups -OCH3 is 2. The maximum Gasteiger partial charge on any atom is 0.427 e. The van der Waals surface area contributed by atoms with Crippen LogP contribution in [0.5, 0.6) is 5.75 Å². The molecule has 0 aliphatic rings. The largest absolute Gasteiger partial charge is 0.507 e. The molecule has 0 aliphatic carbocycles. The fourth-order valence-corrected chi connectivity index (χ4v) is 1.16. The van der Waals surface area contributed by atoms with Crippen LogP contribution in [0.3, 0.4) is 0 Å². The molecule has 0 unspecified atom stereocenters. The maximum atomic E-state index is 10.8. The summed E-state index contributed by atoms with van der Waals surface area (Å²) >= 11 is 0. The van der Waals surface area contributed by atoms with Crippen molar-refractivity contribution in [2.75, 3.05) is 14.2 Å². The Morgan fingerprint density at radius 2 is 1.67 bits per heavy atom. The van der Waals surface area contributed by atoms with Crippen molar-refractivity contribution in [2.24, 2.45) is 10.2 Å². The maximum absolute atomic E-state index is 10.8. The molecule has 9 nitrogen and oxygen atoms in total. The van der Waals surface area contributed by atoms with E-state index in [9.17, 15) is 14.7 Å². The molecule has 21 heavy (non-hydrogen) atoms. The van der Waals surface area contributed by atoms with Gasteiger partial charge in [0.25, 0.3) is 0 Å². The van der Waals surface area contributed by atoms with Gasteiger partial charge in [0, 0.05) is 5.56 Å². The van der Waals surface area contributed by atoms with E-state index in [0.717, 1.165) is 0 Å². The number of hydrogen-bond acceptors (Lipinski definition) is 7. The van der Waals surface area contributed by atoms with Crippen LogP contribution < -0.4 is 10.9 Å². The first-order chi connectivity index (χ1) is 10.1. The monoisotopic (exact) mass is 294 g/mol. The van der Waals surface area contributed by atoms with Crippen molar-refractivity contribution in [1.82, 2.24) is 10.9 Å². The lowest BCUT2D eigenvalue weighted by molar-refractivity contribution is 0.170. The molecule has 0 heterocycles. The van der Waals surface area contributed by atoms with Crippen LogP contribution in [0.25, 0.3) is 0 Å². The Kier molecular flexibility index (Phi) is 6.19. The van der Waals surface area contributed by atoms with E-state index < -0.39 is 12.2 Å². The van der Waals surface area contributed by atoms with Crippen LogP contribution in [-0.2, 0) is 9.47 Å². The van der Waals surface area contributed by atoms with E-state index >= 15 is 0 Å². The second-order valence-electron chi connectivity index (χ2n) is 3.54. The molecule has 1 aromatic rings. The third kappa shape index (κ3) is 5.59. The highest BCUT2D eigenvalue weighted by atomic mass is 16.5. The highest BCUT2D eigenvalue weighted by Gasteiger charge is 2.01. The molecule has 0 saturated heterocycles. The number of phenols is 1. The van der Waals surface area contributed by atoms with Crippen molar-refractivity contribution in [3.63, 3.8) is 0 Å². The third-order valence-electron chi connectivity index (χ3n) is 2.15. The second-order valence-corrected chi connectivity index (χ2v) is 3.54. The number of ether oxygens (including phenoxy) is 2. The number of benzene rings is 1. The molecule has 9 heteroatoms. The van der Waals surface area contributed by atoms with Crippen LogP contribution in [0.1, 0.15) is 11.1 Å². The summed E-state index contributed by atoms with van der Waals surface area (Å²) < 4.78 is 8.67. The van der Waals surface area contributed by atoms with Gasteiger partial charge in [-0.25, -0.2) is 20.4 Å². The predicted octanol–water partition coefficient (Wildman–Crippen LogP) is 0.772. The van der Waals surface area contributed by atoms with Crippen molar-refractivity contribution in [3.05, 3.63) is 29.3 Å². The Morgan fingerprint density at radius 3 is 2.24 bits per heavy atom. The first-order valence-electron chi connectivity index (χ1n) is 5.64. The van der Waals surface area contributed by atoms with E-state index in [1.54, 1.807) is 12.1 Å². The molecule has 1 rings (SSSR count). The Hall–Kier alpha value is -3.10. The smallest absolute Gasteiger partial charge is 0.427 e. The number of rotatable bonds is 4. The third-order valence-corrected chi connectivity index (χ3v) is 2.15. The van der Waals surface area contributed by atoms with Gasteiger partial charge >= 0.3 is 12.2 Å². The standard InChI is InChI=1S/C12H14N4O5/c1-20-11(18)15-13-6-8-3-4-10(17)9(5-8)7-14-16-12(19)21-2/h3-7,17H,1-2H3,(H,15,18)(H,16,19)/b13-6+,14-7+. The zero-order chi connectivity index (χ0) is 15.7.